The van der Waals surface area contributed by atoms with E-state index in [1.165, 1.54) is 31.0 Å². The van der Waals surface area contributed by atoms with Gasteiger partial charge in [0.1, 0.15) is 29.5 Å². The van der Waals surface area contributed by atoms with Gasteiger partial charge in [-0.15, -0.1) is 0 Å². The van der Waals surface area contributed by atoms with Crippen molar-refractivity contribution < 1.29 is 18.7 Å². The van der Waals surface area contributed by atoms with E-state index in [9.17, 15) is 14.0 Å². The molecule has 3 heterocycles. The normalized spacial score (nSPS) is 20.2. The fraction of sp³-hybridized carbons (Fsp3) is 0.462. The molecule has 1 aliphatic carbocycles. The Kier molecular flexibility index (Phi) is 6.17. The summed E-state index contributed by atoms with van der Waals surface area (Å²) in [5, 5.41) is 2.83. The molecule has 184 valence electrons. The van der Waals surface area contributed by atoms with Crippen LogP contribution in [0.25, 0.3) is 22.3 Å². The molecule has 2 fully saturated rings. The van der Waals surface area contributed by atoms with Crippen molar-refractivity contribution in [1.29, 1.82) is 0 Å². The number of nitrogens with zero attached hydrogens (tertiary/aromatic N) is 3. The number of alkyl halides is 1. The third-order valence-electron chi connectivity index (χ3n) is 6.86. The van der Waals surface area contributed by atoms with Crippen LogP contribution in [0.3, 0.4) is 0 Å². The Hall–Kier alpha value is -3.49. The van der Waals surface area contributed by atoms with Gasteiger partial charge in [-0.05, 0) is 51.2 Å². The number of likely N-dealkylation sites (tertiary alicyclic amines) is 1. The zero-order valence-corrected chi connectivity index (χ0v) is 20.2. The standard InChI is InChI=1S/C26H30FN5O3/c1-14-4-7-21(35-12-17-5-6-17)18(10-14)23-25-24(29-13-28-23)22(15(2)30-25)26(34)31-20-8-9-32(16(3)33)11-19(20)27/h4,7,10,13,17,19-20,30H,5-6,8-9,11-12H2,1-3H3,(H,31,34)/t19-,20+/m0/s1. The lowest BCUT2D eigenvalue weighted by Crippen LogP contribution is -2.53. The van der Waals surface area contributed by atoms with Crippen molar-refractivity contribution in [2.75, 3.05) is 19.7 Å². The van der Waals surface area contributed by atoms with E-state index in [0.717, 1.165) is 16.9 Å². The summed E-state index contributed by atoms with van der Waals surface area (Å²) in [5.41, 5.74) is 4.69. The van der Waals surface area contributed by atoms with Crippen molar-refractivity contribution in [3.63, 3.8) is 0 Å². The summed E-state index contributed by atoms with van der Waals surface area (Å²) in [7, 11) is 0. The molecule has 1 aliphatic heterocycles. The van der Waals surface area contributed by atoms with E-state index in [0.29, 0.717) is 53.5 Å². The fourth-order valence-electron chi connectivity index (χ4n) is 4.64. The lowest BCUT2D eigenvalue weighted by Gasteiger charge is -2.34. The molecule has 0 bridgehead atoms. The fourth-order valence-corrected chi connectivity index (χ4v) is 4.64. The molecular weight excluding hydrogens is 449 g/mol. The summed E-state index contributed by atoms with van der Waals surface area (Å²) in [6.07, 6.45) is 2.87. The number of aryl methyl sites for hydroxylation is 2. The Morgan fingerprint density at radius 3 is 2.74 bits per heavy atom. The van der Waals surface area contributed by atoms with Crippen LogP contribution < -0.4 is 10.1 Å². The average molecular weight is 480 g/mol. The quantitative estimate of drug-likeness (QED) is 0.561. The van der Waals surface area contributed by atoms with Crippen molar-refractivity contribution in [2.45, 2.75) is 52.2 Å². The number of aromatic amines is 1. The topological polar surface area (TPSA) is 100 Å². The Morgan fingerprint density at radius 1 is 1.23 bits per heavy atom. The molecule has 2 atom stereocenters. The summed E-state index contributed by atoms with van der Waals surface area (Å²) < 4.78 is 20.8. The van der Waals surface area contributed by atoms with Gasteiger partial charge in [-0.1, -0.05) is 11.6 Å². The lowest BCUT2D eigenvalue weighted by molar-refractivity contribution is -0.131. The zero-order chi connectivity index (χ0) is 24.7. The van der Waals surface area contributed by atoms with Gasteiger partial charge in [-0.25, -0.2) is 14.4 Å². The van der Waals surface area contributed by atoms with Crippen molar-refractivity contribution in [2.24, 2.45) is 5.92 Å². The first-order valence-corrected chi connectivity index (χ1v) is 12.1. The summed E-state index contributed by atoms with van der Waals surface area (Å²) in [4.78, 5) is 38.5. The number of fused-ring (bicyclic) bond motifs is 1. The number of ether oxygens (including phenoxy) is 1. The number of aromatic nitrogens is 3. The molecule has 2 aliphatic rings. The maximum absolute atomic E-state index is 14.7. The number of halogens is 1. The zero-order valence-electron chi connectivity index (χ0n) is 20.2. The van der Waals surface area contributed by atoms with Crippen molar-refractivity contribution in [1.82, 2.24) is 25.2 Å². The van der Waals surface area contributed by atoms with E-state index in [1.54, 1.807) is 6.92 Å². The van der Waals surface area contributed by atoms with Gasteiger partial charge in [-0.3, -0.25) is 9.59 Å². The van der Waals surface area contributed by atoms with Gasteiger partial charge in [0.2, 0.25) is 5.91 Å². The molecule has 9 heteroatoms. The second-order valence-electron chi connectivity index (χ2n) is 9.67. The Bertz CT molecular complexity index is 1290. The van der Waals surface area contributed by atoms with Crippen LogP contribution in [0.2, 0.25) is 0 Å². The maximum atomic E-state index is 14.7. The molecule has 2 aromatic heterocycles. The average Bonchev–Trinajstić information content (AvgIpc) is 3.59. The van der Waals surface area contributed by atoms with Crippen LogP contribution >= 0.6 is 0 Å². The number of piperidine rings is 1. The van der Waals surface area contributed by atoms with E-state index in [2.05, 4.69) is 20.3 Å². The summed E-state index contributed by atoms with van der Waals surface area (Å²) in [5.74, 6) is 0.806. The van der Waals surface area contributed by atoms with Gasteiger partial charge in [-0.2, -0.15) is 0 Å². The highest BCUT2D eigenvalue weighted by atomic mass is 19.1. The number of nitrogens with one attached hydrogen (secondary N) is 2. The molecule has 2 amide bonds. The number of hydrogen-bond donors (Lipinski definition) is 2. The maximum Gasteiger partial charge on any atom is 0.255 e. The van der Waals surface area contributed by atoms with Crippen LogP contribution in [0.5, 0.6) is 5.75 Å². The van der Waals surface area contributed by atoms with E-state index in [1.807, 2.05) is 25.1 Å². The highest BCUT2D eigenvalue weighted by molar-refractivity contribution is 6.09. The van der Waals surface area contributed by atoms with Gasteiger partial charge in [0, 0.05) is 24.7 Å². The molecule has 8 nitrogen and oxygen atoms in total. The first-order valence-electron chi connectivity index (χ1n) is 12.1. The molecule has 3 aromatic rings. The van der Waals surface area contributed by atoms with Gasteiger partial charge >= 0.3 is 0 Å². The van der Waals surface area contributed by atoms with Crippen LogP contribution in [0, 0.1) is 19.8 Å². The second kappa shape index (κ2) is 9.28. The minimum Gasteiger partial charge on any atom is -0.493 e. The van der Waals surface area contributed by atoms with Crippen LogP contribution in [-0.2, 0) is 4.79 Å². The van der Waals surface area contributed by atoms with Gasteiger partial charge in [0.15, 0.2) is 0 Å². The molecule has 35 heavy (non-hydrogen) atoms. The Morgan fingerprint density at radius 2 is 2.03 bits per heavy atom. The number of carbonyl (C=O) groups excluding carboxylic acids is 2. The Labute approximate surface area is 203 Å². The van der Waals surface area contributed by atoms with Gasteiger partial charge in [0.25, 0.3) is 5.91 Å². The molecule has 0 spiro atoms. The monoisotopic (exact) mass is 479 g/mol. The number of carbonyl (C=O) groups is 2. The van der Waals surface area contributed by atoms with Crippen molar-refractivity contribution in [3.05, 3.63) is 41.3 Å². The van der Waals surface area contributed by atoms with Crippen LogP contribution in [-0.4, -0.2) is 63.6 Å². The predicted molar refractivity (Wildman–Crippen MR) is 130 cm³/mol. The summed E-state index contributed by atoms with van der Waals surface area (Å²) in [6, 6.07) is 5.33. The molecule has 1 saturated heterocycles. The molecule has 0 unspecified atom stereocenters. The Balaban J connectivity index is 1.45. The van der Waals surface area contributed by atoms with Crippen molar-refractivity contribution in [3.8, 4) is 17.0 Å². The summed E-state index contributed by atoms with van der Waals surface area (Å²) >= 11 is 0. The largest absolute Gasteiger partial charge is 0.493 e. The molecule has 5 rings (SSSR count). The molecular formula is C26H30FN5O3. The molecule has 1 saturated carbocycles. The number of amides is 2. The minimum absolute atomic E-state index is 0.0174. The molecule has 1 aromatic carbocycles. The number of benzene rings is 1. The van der Waals surface area contributed by atoms with E-state index >= 15 is 0 Å². The lowest BCUT2D eigenvalue weighted by atomic mass is 10.0. The van der Waals surface area contributed by atoms with E-state index in [4.69, 9.17) is 4.74 Å². The SMILES string of the molecule is CC(=O)N1CC[C@@H](NC(=O)c2c(C)[nH]c3c(-c4cc(C)ccc4OCC4CC4)ncnc23)[C@@H](F)C1. The molecule has 2 N–H and O–H groups in total. The molecule has 0 radical (unpaired) electrons. The number of hydrogen-bond acceptors (Lipinski definition) is 5. The third kappa shape index (κ3) is 4.72. The van der Waals surface area contributed by atoms with Gasteiger partial charge < -0.3 is 19.9 Å². The van der Waals surface area contributed by atoms with Crippen LogP contribution in [0.4, 0.5) is 4.39 Å². The van der Waals surface area contributed by atoms with Crippen molar-refractivity contribution >= 4 is 22.8 Å². The number of rotatable bonds is 6. The van der Waals surface area contributed by atoms with Gasteiger partial charge in [0.05, 0.1) is 30.3 Å². The minimum atomic E-state index is -1.33. The van der Waals surface area contributed by atoms with Crippen LogP contribution in [0.15, 0.2) is 24.5 Å². The highest BCUT2D eigenvalue weighted by Crippen LogP contribution is 2.37. The second-order valence-corrected chi connectivity index (χ2v) is 9.67. The smallest absolute Gasteiger partial charge is 0.255 e. The highest BCUT2D eigenvalue weighted by Gasteiger charge is 2.33. The first-order chi connectivity index (χ1) is 16.8. The first kappa shape index (κ1) is 23.3. The predicted octanol–water partition coefficient (Wildman–Crippen LogP) is 3.72. The van der Waals surface area contributed by atoms with Crippen LogP contribution in [0.1, 0.15) is 47.8 Å². The summed E-state index contributed by atoms with van der Waals surface area (Å²) in [6.45, 7) is 6.30. The van der Waals surface area contributed by atoms with E-state index in [-0.39, 0.29) is 12.5 Å². The number of H-pyrrole nitrogens is 1. The van der Waals surface area contributed by atoms with E-state index < -0.39 is 18.1 Å². The third-order valence-corrected chi connectivity index (χ3v) is 6.86.